The van der Waals surface area contributed by atoms with Crippen LogP contribution in [0.5, 0.6) is 0 Å². The highest BCUT2D eigenvalue weighted by Gasteiger charge is 2.31. The number of hydrogen-bond donors (Lipinski definition) is 1. The van der Waals surface area contributed by atoms with Crippen molar-refractivity contribution in [3.8, 4) is 0 Å². The predicted octanol–water partition coefficient (Wildman–Crippen LogP) is 4.10. The van der Waals surface area contributed by atoms with Crippen molar-refractivity contribution in [2.45, 2.75) is 47.1 Å². The van der Waals surface area contributed by atoms with E-state index in [2.05, 4.69) is 5.32 Å². The minimum absolute atomic E-state index is 0.338. The third-order valence-electron chi connectivity index (χ3n) is 4.73. The Hall–Kier alpha value is -2.34. The van der Waals surface area contributed by atoms with Crippen LogP contribution in [0, 0.1) is 27.7 Å². The fraction of sp³-hybridized carbons (Fsp3) is 0.381. The summed E-state index contributed by atoms with van der Waals surface area (Å²) in [5.41, 5.74) is 5.21. The van der Waals surface area contributed by atoms with Crippen LogP contribution in [0.25, 0.3) is 0 Å². The largest absolute Gasteiger partial charge is 0.324 e. The van der Waals surface area contributed by atoms with Crippen LogP contribution in [0.4, 0.5) is 11.4 Å². The molecule has 0 aliphatic heterocycles. The van der Waals surface area contributed by atoms with E-state index in [1.807, 2.05) is 65.0 Å². The second-order valence-electron chi connectivity index (χ2n) is 7.06. The monoisotopic (exact) mass is 388 g/mol. The van der Waals surface area contributed by atoms with Gasteiger partial charge in [0.2, 0.25) is 15.9 Å². The van der Waals surface area contributed by atoms with Crippen molar-refractivity contribution in [1.29, 1.82) is 0 Å². The Kier molecular flexibility index (Phi) is 6.31. The molecule has 0 saturated heterocycles. The van der Waals surface area contributed by atoms with E-state index in [-0.39, 0.29) is 5.91 Å². The van der Waals surface area contributed by atoms with Crippen molar-refractivity contribution in [1.82, 2.24) is 0 Å². The quantitative estimate of drug-likeness (QED) is 0.810. The maximum absolute atomic E-state index is 13.0. The van der Waals surface area contributed by atoms with Gasteiger partial charge in [-0.25, -0.2) is 8.42 Å². The van der Waals surface area contributed by atoms with E-state index in [1.165, 1.54) is 4.31 Å². The van der Waals surface area contributed by atoms with Crippen LogP contribution in [0.1, 0.15) is 35.6 Å². The molecule has 0 fully saturated rings. The molecule has 2 aromatic rings. The molecular formula is C21H28N2O3S. The molecule has 0 aromatic heterocycles. The molecule has 146 valence electrons. The smallest absolute Gasteiger partial charge is 0.248 e. The molecule has 0 heterocycles. The zero-order valence-corrected chi connectivity index (χ0v) is 17.6. The normalized spacial score (nSPS) is 12.5. The number of nitrogens with one attached hydrogen (secondary N) is 1. The molecular weight excluding hydrogens is 360 g/mol. The topological polar surface area (TPSA) is 66.5 Å². The summed E-state index contributed by atoms with van der Waals surface area (Å²) in [4.78, 5) is 13.0. The molecule has 1 N–H and O–H groups in total. The van der Waals surface area contributed by atoms with Crippen LogP contribution < -0.4 is 9.62 Å². The SMILES string of the molecule is CC[C@@H](C(=O)Nc1cc(C)ccc1C)N(c1ccc(C)c(C)c1)S(C)(=O)=O. The first-order chi connectivity index (χ1) is 12.5. The fourth-order valence-corrected chi connectivity index (χ4v) is 4.21. The first kappa shape index (κ1) is 21.0. The summed E-state index contributed by atoms with van der Waals surface area (Å²) in [5, 5.41) is 2.91. The van der Waals surface area contributed by atoms with Crippen LogP contribution in [-0.4, -0.2) is 26.6 Å². The summed E-state index contributed by atoms with van der Waals surface area (Å²) < 4.78 is 26.3. The maximum atomic E-state index is 13.0. The molecule has 2 rings (SSSR count). The second kappa shape index (κ2) is 8.13. The van der Waals surface area contributed by atoms with Crippen LogP contribution in [0.2, 0.25) is 0 Å². The van der Waals surface area contributed by atoms with E-state index < -0.39 is 16.1 Å². The number of sulfonamides is 1. The summed E-state index contributed by atoms with van der Waals surface area (Å²) in [7, 11) is -3.64. The molecule has 2 aromatic carbocycles. The summed E-state index contributed by atoms with van der Waals surface area (Å²) in [5.74, 6) is -0.338. The van der Waals surface area contributed by atoms with E-state index in [0.29, 0.717) is 17.8 Å². The van der Waals surface area contributed by atoms with Crippen molar-refractivity contribution < 1.29 is 13.2 Å². The third kappa shape index (κ3) is 4.89. The van der Waals surface area contributed by atoms with E-state index in [4.69, 9.17) is 0 Å². The Morgan fingerprint density at radius 3 is 2.19 bits per heavy atom. The second-order valence-corrected chi connectivity index (χ2v) is 8.92. The van der Waals surface area contributed by atoms with Gasteiger partial charge in [0.05, 0.1) is 11.9 Å². The van der Waals surface area contributed by atoms with Gasteiger partial charge in [-0.1, -0.05) is 25.1 Å². The van der Waals surface area contributed by atoms with Crippen molar-refractivity contribution in [2.75, 3.05) is 15.9 Å². The highest BCUT2D eigenvalue weighted by atomic mass is 32.2. The van der Waals surface area contributed by atoms with Gasteiger partial charge in [-0.2, -0.15) is 0 Å². The Labute approximate surface area is 162 Å². The third-order valence-corrected chi connectivity index (χ3v) is 5.91. The molecule has 0 spiro atoms. The number of carbonyl (C=O) groups is 1. The molecule has 6 heteroatoms. The molecule has 5 nitrogen and oxygen atoms in total. The number of rotatable bonds is 6. The first-order valence-corrected chi connectivity index (χ1v) is 10.8. The Bertz CT molecular complexity index is 952. The van der Waals surface area contributed by atoms with Crippen molar-refractivity contribution in [2.24, 2.45) is 0 Å². The molecule has 1 atom stereocenters. The minimum atomic E-state index is -3.64. The van der Waals surface area contributed by atoms with E-state index in [0.717, 1.165) is 28.5 Å². The van der Waals surface area contributed by atoms with Gasteiger partial charge in [-0.15, -0.1) is 0 Å². The maximum Gasteiger partial charge on any atom is 0.248 e. The molecule has 0 bridgehead atoms. The summed E-state index contributed by atoms with van der Waals surface area (Å²) in [6, 6.07) is 10.4. The molecule has 0 saturated carbocycles. The molecule has 0 unspecified atom stereocenters. The standard InChI is InChI=1S/C21H28N2O3S/c1-7-20(21(24)22-19-12-14(2)8-9-16(19)4)23(27(6,25)26)18-11-10-15(3)17(5)13-18/h8-13,20H,7H2,1-6H3,(H,22,24)/t20-/m0/s1. The minimum Gasteiger partial charge on any atom is -0.324 e. The van der Waals surface area contributed by atoms with Gasteiger partial charge in [-0.3, -0.25) is 9.10 Å². The number of aryl methyl sites for hydroxylation is 4. The number of hydrogen-bond acceptors (Lipinski definition) is 3. The Morgan fingerprint density at radius 1 is 1.00 bits per heavy atom. The van der Waals surface area contributed by atoms with Crippen molar-refractivity contribution >= 4 is 27.3 Å². The molecule has 0 aliphatic carbocycles. The van der Waals surface area contributed by atoms with Gasteiger partial charge in [0.25, 0.3) is 0 Å². The van der Waals surface area contributed by atoms with Gasteiger partial charge >= 0.3 is 0 Å². The van der Waals surface area contributed by atoms with Crippen LogP contribution in [0.3, 0.4) is 0 Å². The van der Waals surface area contributed by atoms with E-state index >= 15 is 0 Å². The lowest BCUT2D eigenvalue weighted by molar-refractivity contribution is -0.117. The summed E-state index contributed by atoms with van der Waals surface area (Å²) in [6.07, 6.45) is 1.49. The van der Waals surface area contributed by atoms with Crippen LogP contribution in [0.15, 0.2) is 36.4 Å². The Morgan fingerprint density at radius 2 is 1.63 bits per heavy atom. The van der Waals surface area contributed by atoms with Gasteiger partial charge in [0.15, 0.2) is 0 Å². The van der Waals surface area contributed by atoms with Gasteiger partial charge < -0.3 is 5.32 Å². The van der Waals surface area contributed by atoms with Gasteiger partial charge in [-0.05, 0) is 74.6 Å². The predicted molar refractivity (Wildman–Crippen MR) is 112 cm³/mol. The zero-order valence-electron chi connectivity index (χ0n) is 16.8. The molecule has 0 radical (unpaired) electrons. The lowest BCUT2D eigenvalue weighted by Gasteiger charge is -2.30. The number of benzene rings is 2. The van der Waals surface area contributed by atoms with Crippen LogP contribution >= 0.6 is 0 Å². The number of carbonyl (C=O) groups excluding carboxylic acids is 1. The highest BCUT2D eigenvalue weighted by Crippen LogP contribution is 2.26. The lowest BCUT2D eigenvalue weighted by atomic mass is 10.1. The number of amides is 1. The summed E-state index contributed by atoms with van der Waals surface area (Å²) in [6.45, 7) is 9.56. The van der Waals surface area contributed by atoms with Crippen LogP contribution in [-0.2, 0) is 14.8 Å². The molecule has 1 amide bonds. The number of nitrogens with zero attached hydrogens (tertiary/aromatic N) is 1. The van der Waals surface area contributed by atoms with E-state index in [1.54, 1.807) is 6.07 Å². The molecule has 27 heavy (non-hydrogen) atoms. The van der Waals surface area contributed by atoms with Crippen molar-refractivity contribution in [3.63, 3.8) is 0 Å². The highest BCUT2D eigenvalue weighted by molar-refractivity contribution is 7.92. The summed E-state index contributed by atoms with van der Waals surface area (Å²) >= 11 is 0. The lowest BCUT2D eigenvalue weighted by Crippen LogP contribution is -2.47. The van der Waals surface area contributed by atoms with Gasteiger partial charge in [0, 0.05) is 5.69 Å². The number of anilines is 2. The van der Waals surface area contributed by atoms with Gasteiger partial charge in [0.1, 0.15) is 6.04 Å². The molecule has 0 aliphatic rings. The first-order valence-electron chi connectivity index (χ1n) is 8.99. The van der Waals surface area contributed by atoms with Crippen molar-refractivity contribution in [3.05, 3.63) is 58.7 Å². The Balaban J connectivity index is 2.44. The average molecular weight is 389 g/mol. The zero-order chi connectivity index (χ0) is 20.4. The fourth-order valence-electron chi connectivity index (χ4n) is 3.01. The average Bonchev–Trinajstić information content (AvgIpc) is 2.57. The van der Waals surface area contributed by atoms with E-state index in [9.17, 15) is 13.2 Å².